The Morgan fingerprint density at radius 3 is 2.50 bits per heavy atom. The van der Waals surface area contributed by atoms with Gasteiger partial charge in [-0.15, -0.1) is 0 Å². The second kappa shape index (κ2) is 2.80. The summed E-state index contributed by atoms with van der Waals surface area (Å²) in [5.74, 6) is 0. The average molecular weight is 151 g/mol. The number of aromatic nitrogens is 1. The Morgan fingerprint density at radius 1 is 1.40 bits per heavy atom. The minimum absolute atomic E-state index is 0.985. The number of hydrogen-bond acceptors (Lipinski definition) is 1. The molecule has 1 rings (SSSR count). The third kappa shape index (κ3) is 1.02. The van der Waals surface area contributed by atoms with E-state index in [0.29, 0.717) is 0 Å². The summed E-state index contributed by atoms with van der Waals surface area (Å²) >= 11 is 4.15. The van der Waals surface area contributed by atoms with Crippen molar-refractivity contribution in [3.63, 3.8) is 0 Å². The van der Waals surface area contributed by atoms with Crippen LogP contribution in [0.5, 0.6) is 0 Å². The summed E-state index contributed by atoms with van der Waals surface area (Å²) in [6.45, 7) is 7.31. The molecule has 1 nitrogen and oxygen atoms in total. The van der Waals surface area contributed by atoms with E-state index in [4.69, 9.17) is 0 Å². The lowest BCUT2D eigenvalue weighted by Crippen LogP contribution is -1.81. The van der Waals surface area contributed by atoms with Crippen molar-refractivity contribution in [3.8, 4) is 0 Å². The molecule has 0 N–H and O–H groups in total. The summed E-state index contributed by atoms with van der Waals surface area (Å²) in [6, 6.07) is 1.94. The zero-order valence-electron chi connectivity index (χ0n) is 5.62. The van der Waals surface area contributed by atoms with Crippen LogP contribution in [0.3, 0.4) is 0 Å². The maximum atomic E-state index is 4.15. The predicted octanol–water partition coefficient (Wildman–Crippen LogP) is 2.47. The highest BCUT2D eigenvalue weighted by Crippen LogP contribution is 2.14. The predicted molar refractivity (Wildman–Crippen MR) is 49.0 cm³/mol. The molecule has 1 aromatic rings. The van der Waals surface area contributed by atoms with E-state index in [1.165, 1.54) is 0 Å². The van der Waals surface area contributed by atoms with Gasteiger partial charge in [-0.25, -0.2) is 0 Å². The molecule has 0 spiro atoms. The number of hydrogen-bond donors (Lipinski definition) is 1. The maximum absolute atomic E-state index is 4.15. The Bertz CT molecular complexity index is 260. The summed E-state index contributed by atoms with van der Waals surface area (Å²) < 4.78 is 1.71. The second-order valence-corrected chi connectivity index (χ2v) is 2.34. The molecular formula is C8H9NS. The molecule has 0 aromatic carbocycles. The first-order valence-electron chi connectivity index (χ1n) is 2.95. The third-order valence-electron chi connectivity index (χ3n) is 1.35. The van der Waals surface area contributed by atoms with Crippen molar-refractivity contribution in [1.29, 1.82) is 0 Å². The van der Waals surface area contributed by atoms with E-state index in [9.17, 15) is 0 Å². The van der Waals surface area contributed by atoms with Crippen LogP contribution in [0.2, 0.25) is 0 Å². The van der Waals surface area contributed by atoms with Crippen LogP contribution in [-0.4, -0.2) is 3.97 Å². The van der Waals surface area contributed by atoms with Crippen LogP contribution >= 0.6 is 12.8 Å². The molecule has 2 heteroatoms. The largest absolute Gasteiger partial charge is 0.294 e. The van der Waals surface area contributed by atoms with Crippen LogP contribution in [0.1, 0.15) is 11.3 Å². The molecule has 0 aliphatic heterocycles. The van der Waals surface area contributed by atoms with Crippen LogP contribution in [0.15, 0.2) is 25.4 Å². The van der Waals surface area contributed by atoms with Gasteiger partial charge in [0.05, 0.1) is 5.69 Å². The van der Waals surface area contributed by atoms with Gasteiger partial charge >= 0.3 is 0 Å². The smallest absolute Gasteiger partial charge is 0.0582 e. The minimum atomic E-state index is 0.985. The normalized spacial score (nSPS) is 9.30. The van der Waals surface area contributed by atoms with E-state index in [-0.39, 0.29) is 0 Å². The molecule has 52 valence electrons. The third-order valence-corrected chi connectivity index (χ3v) is 1.70. The van der Waals surface area contributed by atoms with E-state index in [2.05, 4.69) is 26.0 Å². The van der Waals surface area contributed by atoms with E-state index in [0.717, 1.165) is 11.3 Å². The van der Waals surface area contributed by atoms with Crippen molar-refractivity contribution < 1.29 is 0 Å². The average Bonchev–Trinajstić information content (AvgIpc) is 2.30. The zero-order valence-corrected chi connectivity index (χ0v) is 6.51. The van der Waals surface area contributed by atoms with Gasteiger partial charge in [-0.3, -0.25) is 3.97 Å². The van der Waals surface area contributed by atoms with E-state index in [1.54, 1.807) is 16.1 Å². The van der Waals surface area contributed by atoms with Crippen molar-refractivity contribution in [2.24, 2.45) is 0 Å². The summed E-state index contributed by atoms with van der Waals surface area (Å²) in [6.07, 6.45) is 5.39. The molecule has 10 heavy (non-hydrogen) atoms. The fraction of sp³-hybridized carbons (Fsp3) is 0. The lowest BCUT2D eigenvalue weighted by Gasteiger charge is -1.94. The van der Waals surface area contributed by atoms with Gasteiger partial charge in [0.1, 0.15) is 0 Å². The molecule has 0 unspecified atom stereocenters. The van der Waals surface area contributed by atoms with Crippen molar-refractivity contribution in [3.05, 3.63) is 36.7 Å². The van der Waals surface area contributed by atoms with Gasteiger partial charge in [0.2, 0.25) is 0 Å². The minimum Gasteiger partial charge on any atom is -0.294 e. The number of rotatable bonds is 2. The maximum Gasteiger partial charge on any atom is 0.0582 e. The van der Waals surface area contributed by atoms with Crippen molar-refractivity contribution in [1.82, 2.24) is 3.97 Å². The molecule has 0 radical (unpaired) electrons. The summed E-state index contributed by atoms with van der Waals surface area (Å²) in [7, 11) is 0. The number of nitrogens with zero attached hydrogens (tertiary/aromatic N) is 1. The molecule has 0 saturated heterocycles. The van der Waals surface area contributed by atoms with Crippen LogP contribution in [0.25, 0.3) is 12.2 Å². The first-order chi connectivity index (χ1) is 4.79. The highest BCUT2D eigenvalue weighted by Gasteiger charge is 1.97. The Kier molecular flexibility index (Phi) is 2.02. The molecule has 1 aromatic heterocycles. The SMILES string of the molecule is C=Cc1ccn(S)c1C=C. The Hall–Kier alpha value is -0.890. The molecule has 0 atom stereocenters. The fourth-order valence-corrected chi connectivity index (χ4v) is 1.10. The van der Waals surface area contributed by atoms with Gasteiger partial charge in [0, 0.05) is 6.20 Å². The zero-order chi connectivity index (χ0) is 7.56. The number of thiol groups is 1. The highest BCUT2D eigenvalue weighted by molar-refractivity contribution is 7.78. The van der Waals surface area contributed by atoms with Crippen LogP contribution < -0.4 is 0 Å². The van der Waals surface area contributed by atoms with Crippen LogP contribution in [-0.2, 0) is 0 Å². The van der Waals surface area contributed by atoms with E-state index < -0.39 is 0 Å². The standard InChI is InChI=1S/C8H9NS/c1-3-7-5-6-9(10)8(7)4-2/h3-6,10H,1-2H2. The van der Waals surface area contributed by atoms with Gasteiger partial charge < -0.3 is 0 Å². The second-order valence-electron chi connectivity index (χ2n) is 1.91. The molecule has 0 amide bonds. The van der Waals surface area contributed by atoms with Crippen molar-refractivity contribution >= 4 is 25.0 Å². The first-order valence-corrected chi connectivity index (χ1v) is 3.35. The fourth-order valence-electron chi connectivity index (χ4n) is 0.833. The van der Waals surface area contributed by atoms with Crippen molar-refractivity contribution in [2.45, 2.75) is 0 Å². The molecule has 0 aliphatic carbocycles. The quantitative estimate of drug-likeness (QED) is 0.619. The van der Waals surface area contributed by atoms with Gasteiger partial charge in [0.25, 0.3) is 0 Å². The van der Waals surface area contributed by atoms with Crippen LogP contribution in [0.4, 0.5) is 0 Å². The summed E-state index contributed by atoms with van der Waals surface area (Å²) in [5.41, 5.74) is 2.04. The lowest BCUT2D eigenvalue weighted by atomic mass is 10.2. The van der Waals surface area contributed by atoms with Gasteiger partial charge in [-0.2, -0.15) is 0 Å². The molecule has 0 saturated carbocycles. The first kappa shape index (κ1) is 7.22. The monoisotopic (exact) mass is 151 g/mol. The van der Waals surface area contributed by atoms with E-state index >= 15 is 0 Å². The molecular weight excluding hydrogens is 142 g/mol. The molecule has 0 bridgehead atoms. The lowest BCUT2D eigenvalue weighted by molar-refractivity contribution is 1.27. The topological polar surface area (TPSA) is 4.93 Å². The van der Waals surface area contributed by atoms with Crippen LogP contribution in [0, 0.1) is 0 Å². The van der Waals surface area contributed by atoms with E-state index in [1.807, 2.05) is 12.3 Å². The molecule has 0 fully saturated rings. The molecule has 1 heterocycles. The summed E-state index contributed by atoms with van der Waals surface area (Å²) in [5, 5.41) is 0. The molecule has 0 aliphatic rings. The Labute approximate surface area is 66.2 Å². The highest BCUT2D eigenvalue weighted by atomic mass is 32.1. The van der Waals surface area contributed by atoms with Gasteiger partial charge in [0.15, 0.2) is 0 Å². The Morgan fingerprint density at radius 2 is 2.10 bits per heavy atom. The Balaban J connectivity index is 3.25. The van der Waals surface area contributed by atoms with Gasteiger partial charge in [-0.05, 0) is 17.7 Å². The van der Waals surface area contributed by atoms with Gasteiger partial charge in [-0.1, -0.05) is 32.0 Å². The summed E-state index contributed by atoms with van der Waals surface area (Å²) in [4.78, 5) is 0. The van der Waals surface area contributed by atoms with Crippen molar-refractivity contribution in [2.75, 3.05) is 0 Å².